The summed E-state index contributed by atoms with van der Waals surface area (Å²) in [6, 6.07) is 9.86. The van der Waals surface area contributed by atoms with Crippen LogP contribution in [0.3, 0.4) is 0 Å². The molecule has 17 heavy (non-hydrogen) atoms. The van der Waals surface area contributed by atoms with Crippen LogP contribution < -0.4 is 10.1 Å². The molecule has 0 heterocycles. The van der Waals surface area contributed by atoms with Gasteiger partial charge in [-0.05, 0) is 18.6 Å². The summed E-state index contributed by atoms with van der Waals surface area (Å²) in [7, 11) is 5.72. The number of nitrogens with one attached hydrogen (secondary N) is 1. The summed E-state index contributed by atoms with van der Waals surface area (Å²) in [4.78, 5) is 6.09. The van der Waals surface area contributed by atoms with E-state index >= 15 is 0 Å². The van der Waals surface area contributed by atoms with E-state index in [-0.39, 0.29) is 0 Å². The van der Waals surface area contributed by atoms with E-state index in [0.29, 0.717) is 6.61 Å². The third kappa shape index (κ3) is 5.24. The molecule has 0 aliphatic heterocycles. The van der Waals surface area contributed by atoms with Gasteiger partial charge < -0.3 is 15.0 Å². The van der Waals surface area contributed by atoms with Gasteiger partial charge in [0.1, 0.15) is 5.75 Å². The van der Waals surface area contributed by atoms with E-state index in [2.05, 4.69) is 10.3 Å². The molecule has 0 aromatic heterocycles. The second-order valence-corrected chi connectivity index (χ2v) is 3.88. The van der Waals surface area contributed by atoms with Crippen LogP contribution in [0.15, 0.2) is 35.3 Å². The van der Waals surface area contributed by atoms with Gasteiger partial charge in [-0.15, -0.1) is 0 Å². The Bertz CT molecular complexity index is 336. The molecular formula is C13H21N3O. The molecule has 1 N–H and O–H groups in total. The topological polar surface area (TPSA) is 36.9 Å². The zero-order valence-electron chi connectivity index (χ0n) is 10.8. The molecular weight excluding hydrogens is 214 g/mol. The molecule has 0 bridgehead atoms. The van der Waals surface area contributed by atoms with Crippen LogP contribution in [0.1, 0.15) is 6.42 Å². The molecule has 1 aromatic rings. The Labute approximate surface area is 103 Å². The van der Waals surface area contributed by atoms with E-state index in [4.69, 9.17) is 4.74 Å². The van der Waals surface area contributed by atoms with Crippen molar-refractivity contribution in [2.45, 2.75) is 6.42 Å². The number of rotatable bonds is 5. The first-order chi connectivity index (χ1) is 8.24. The summed E-state index contributed by atoms with van der Waals surface area (Å²) in [6.45, 7) is 1.57. The van der Waals surface area contributed by atoms with Crippen molar-refractivity contribution in [2.24, 2.45) is 4.99 Å². The van der Waals surface area contributed by atoms with Crippen LogP contribution in [-0.4, -0.2) is 45.2 Å². The van der Waals surface area contributed by atoms with Crippen LogP contribution >= 0.6 is 0 Å². The molecule has 0 spiro atoms. The standard InChI is InChI=1S/C13H21N3O/c1-14-13(16(2)3)15-10-7-11-17-12-8-5-4-6-9-12/h4-6,8-9H,7,10-11H2,1-3H3,(H,14,15). The molecule has 0 fully saturated rings. The van der Waals surface area contributed by atoms with Crippen molar-refractivity contribution in [2.75, 3.05) is 34.3 Å². The van der Waals surface area contributed by atoms with Gasteiger partial charge in [0.25, 0.3) is 0 Å². The molecule has 1 aromatic carbocycles. The highest BCUT2D eigenvalue weighted by Crippen LogP contribution is 2.07. The molecule has 0 unspecified atom stereocenters. The predicted molar refractivity (Wildman–Crippen MR) is 71.6 cm³/mol. The summed E-state index contributed by atoms with van der Waals surface area (Å²) in [6.07, 6.45) is 0.946. The minimum atomic E-state index is 0.710. The highest BCUT2D eigenvalue weighted by atomic mass is 16.5. The van der Waals surface area contributed by atoms with Gasteiger partial charge in [0.05, 0.1) is 6.61 Å². The van der Waals surface area contributed by atoms with E-state index in [1.807, 2.05) is 49.3 Å². The van der Waals surface area contributed by atoms with Gasteiger partial charge in [-0.3, -0.25) is 4.99 Å². The SMILES string of the molecule is CN=C(NCCCOc1ccccc1)N(C)C. The monoisotopic (exact) mass is 235 g/mol. The Morgan fingerprint density at radius 1 is 1.29 bits per heavy atom. The zero-order valence-corrected chi connectivity index (χ0v) is 10.8. The van der Waals surface area contributed by atoms with Crippen LogP contribution in [0.25, 0.3) is 0 Å². The lowest BCUT2D eigenvalue weighted by molar-refractivity contribution is 0.310. The smallest absolute Gasteiger partial charge is 0.193 e. The zero-order chi connectivity index (χ0) is 12.5. The second-order valence-electron chi connectivity index (χ2n) is 3.88. The molecule has 0 saturated heterocycles. The molecule has 1 rings (SSSR count). The summed E-state index contributed by atoms with van der Waals surface area (Å²) < 4.78 is 5.59. The maximum Gasteiger partial charge on any atom is 0.193 e. The molecule has 0 amide bonds. The Morgan fingerprint density at radius 3 is 2.59 bits per heavy atom. The lowest BCUT2D eigenvalue weighted by Gasteiger charge is -2.16. The maximum atomic E-state index is 5.59. The van der Waals surface area contributed by atoms with Gasteiger partial charge in [0.15, 0.2) is 5.96 Å². The van der Waals surface area contributed by atoms with Crippen LogP contribution in [0.2, 0.25) is 0 Å². The van der Waals surface area contributed by atoms with Gasteiger partial charge in [-0.2, -0.15) is 0 Å². The molecule has 94 valence electrons. The first-order valence-corrected chi connectivity index (χ1v) is 5.80. The van der Waals surface area contributed by atoms with Crippen molar-refractivity contribution in [3.8, 4) is 5.75 Å². The Kier molecular flexibility index (Phi) is 5.93. The number of nitrogens with zero attached hydrogens (tertiary/aromatic N) is 2. The number of ether oxygens (including phenoxy) is 1. The van der Waals surface area contributed by atoms with E-state index in [1.165, 1.54) is 0 Å². The van der Waals surface area contributed by atoms with Crippen molar-refractivity contribution < 1.29 is 4.74 Å². The number of hydrogen-bond donors (Lipinski definition) is 1. The normalized spacial score (nSPS) is 11.1. The van der Waals surface area contributed by atoms with Crippen LogP contribution in [0.5, 0.6) is 5.75 Å². The number of guanidine groups is 1. The number of hydrogen-bond acceptors (Lipinski definition) is 2. The lowest BCUT2D eigenvalue weighted by Crippen LogP contribution is -2.37. The van der Waals surface area contributed by atoms with E-state index in [9.17, 15) is 0 Å². The molecule has 0 saturated carbocycles. The fourth-order valence-corrected chi connectivity index (χ4v) is 1.42. The van der Waals surface area contributed by atoms with E-state index in [1.54, 1.807) is 7.05 Å². The average molecular weight is 235 g/mol. The first-order valence-electron chi connectivity index (χ1n) is 5.80. The van der Waals surface area contributed by atoms with Crippen molar-refractivity contribution in [1.29, 1.82) is 0 Å². The van der Waals surface area contributed by atoms with E-state index < -0.39 is 0 Å². The minimum Gasteiger partial charge on any atom is -0.494 e. The van der Waals surface area contributed by atoms with Crippen molar-refractivity contribution in [3.63, 3.8) is 0 Å². The Balaban J connectivity index is 2.13. The molecule has 0 atom stereocenters. The van der Waals surface area contributed by atoms with Gasteiger partial charge in [-0.1, -0.05) is 18.2 Å². The summed E-state index contributed by atoms with van der Waals surface area (Å²) >= 11 is 0. The Morgan fingerprint density at radius 2 is 2.00 bits per heavy atom. The number of benzene rings is 1. The molecule has 4 heteroatoms. The third-order valence-electron chi connectivity index (χ3n) is 2.25. The van der Waals surface area contributed by atoms with Gasteiger partial charge in [0, 0.05) is 27.7 Å². The van der Waals surface area contributed by atoms with Crippen molar-refractivity contribution in [3.05, 3.63) is 30.3 Å². The fourth-order valence-electron chi connectivity index (χ4n) is 1.42. The highest BCUT2D eigenvalue weighted by Gasteiger charge is 1.98. The first kappa shape index (κ1) is 13.4. The molecule has 4 nitrogen and oxygen atoms in total. The predicted octanol–water partition coefficient (Wildman–Crippen LogP) is 1.59. The number of aliphatic imine (C=N–C) groups is 1. The van der Waals surface area contributed by atoms with Crippen LogP contribution in [0, 0.1) is 0 Å². The quantitative estimate of drug-likeness (QED) is 0.478. The molecule has 0 radical (unpaired) electrons. The summed E-state index contributed by atoms with van der Waals surface area (Å²) in [5, 5.41) is 3.25. The lowest BCUT2D eigenvalue weighted by atomic mass is 10.3. The second kappa shape index (κ2) is 7.54. The third-order valence-corrected chi connectivity index (χ3v) is 2.25. The van der Waals surface area contributed by atoms with Crippen molar-refractivity contribution in [1.82, 2.24) is 10.2 Å². The van der Waals surface area contributed by atoms with Gasteiger partial charge >= 0.3 is 0 Å². The van der Waals surface area contributed by atoms with Crippen LogP contribution in [-0.2, 0) is 0 Å². The van der Waals surface area contributed by atoms with Gasteiger partial charge in [0.2, 0.25) is 0 Å². The highest BCUT2D eigenvalue weighted by molar-refractivity contribution is 5.79. The maximum absolute atomic E-state index is 5.59. The molecule has 0 aliphatic carbocycles. The van der Waals surface area contributed by atoms with Crippen molar-refractivity contribution >= 4 is 5.96 Å². The van der Waals surface area contributed by atoms with E-state index in [0.717, 1.165) is 24.7 Å². The van der Waals surface area contributed by atoms with Gasteiger partial charge in [-0.25, -0.2) is 0 Å². The average Bonchev–Trinajstić information content (AvgIpc) is 2.34. The fraction of sp³-hybridized carbons (Fsp3) is 0.462. The number of para-hydroxylation sites is 1. The summed E-state index contributed by atoms with van der Waals surface area (Å²) in [5.74, 6) is 1.81. The van der Waals surface area contributed by atoms with Crippen LogP contribution in [0.4, 0.5) is 0 Å². The summed E-state index contributed by atoms with van der Waals surface area (Å²) in [5.41, 5.74) is 0. The minimum absolute atomic E-state index is 0.710. The Hall–Kier alpha value is -1.71. The largest absolute Gasteiger partial charge is 0.494 e. The molecule has 0 aliphatic rings.